The van der Waals surface area contributed by atoms with E-state index in [-0.39, 0.29) is 0 Å². The van der Waals surface area contributed by atoms with Crippen LogP contribution in [0.15, 0.2) is 41.4 Å². The Morgan fingerprint density at radius 3 is 2.48 bits per heavy atom. The van der Waals surface area contributed by atoms with Gasteiger partial charge in [0, 0.05) is 0 Å². The number of benzene rings is 1. The molecule has 0 bridgehead atoms. The summed E-state index contributed by atoms with van der Waals surface area (Å²) in [7, 11) is 0. The highest BCUT2D eigenvalue weighted by Crippen LogP contribution is 2.37. The molecule has 21 heavy (non-hydrogen) atoms. The highest BCUT2D eigenvalue weighted by molar-refractivity contribution is 7.78. The first-order chi connectivity index (χ1) is 10.3. The molecule has 0 aliphatic heterocycles. The number of isothiocyanates is 1. The lowest BCUT2D eigenvalue weighted by Crippen LogP contribution is -2.13. The lowest BCUT2D eigenvalue weighted by atomic mass is 9.77. The molecule has 1 saturated carbocycles. The van der Waals surface area contributed by atoms with Gasteiger partial charge in [0.1, 0.15) is 0 Å². The van der Waals surface area contributed by atoms with E-state index in [9.17, 15) is 0 Å². The SMILES string of the molecule is CCC=CCC[C@H]1CC[C@H](c2ccc(N=C=S)cc2)CC1. The molecule has 0 spiro atoms. The highest BCUT2D eigenvalue weighted by atomic mass is 32.1. The topological polar surface area (TPSA) is 12.4 Å². The van der Waals surface area contributed by atoms with Gasteiger partial charge in [-0.05, 0) is 86.7 Å². The Hall–Kier alpha value is -1.24. The molecule has 1 aromatic carbocycles. The molecule has 1 aliphatic rings. The first-order valence-electron chi connectivity index (χ1n) is 8.16. The zero-order valence-corrected chi connectivity index (χ0v) is 13.7. The van der Waals surface area contributed by atoms with Crippen LogP contribution in [0.3, 0.4) is 0 Å². The minimum absolute atomic E-state index is 0.734. The Morgan fingerprint density at radius 1 is 1.14 bits per heavy atom. The second kappa shape index (κ2) is 8.92. The van der Waals surface area contributed by atoms with Gasteiger partial charge in [-0.15, -0.1) is 0 Å². The number of hydrogen-bond acceptors (Lipinski definition) is 2. The number of nitrogens with zero attached hydrogens (tertiary/aromatic N) is 1. The van der Waals surface area contributed by atoms with Crippen LogP contribution in [0, 0.1) is 5.92 Å². The van der Waals surface area contributed by atoms with E-state index in [1.807, 2.05) is 0 Å². The van der Waals surface area contributed by atoms with E-state index in [1.165, 1.54) is 44.1 Å². The monoisotopic (exact) mass is 299 g/mol. The summed E-state index contributed by atoms with van der Waals surface area (Å²) in [5, 5.41) is 2.42. The summed E-state index contributed by atoms with van der Waals surface area (Å²) in [5.74, 6) is 1.67. The lowest BCUT2D eigenvalue weighted by molar-refractivity contribution is 0.312. The molecule has 112 valence electrons. The van der Waals surface area contributed by atoms with Crippen molar-refractivity contribution < 1.29 is 0 Å². The van der Waals surface area contributed by atoms with E-state index in [4.69, 9.17) is 0 Å². The van der Waals surface area contributed by atoms with Crippen LogP contribution in [-0.2, 0) is 0 Å². The maximum Gasteiger partial charge on any atom is 0.0739 e. The molecule has 0 heterocycles. The van der Waals surface area contributed by atoms with Gasteiger partial charge in [-0.3, -0.25) is 0 Å². The molecule has 1 nitrogen and oxygen atoms in total. The van der Waals surface area contributed by atoms with Crippen molar-refractivity contribution in [3.63, 3.8) is 0 Å². The van der Waals surface area contributed by atoms with Gasteiger partial charge < -0.3 is 0 Å². The first kappa shape index (κ1) is 16.1. The Bertz CT molecular complexity index is 489. The van der Waals surface area contributed by atoms with Crippen LogP contribution < -0.4 is 0 Å². The molecule has 0 aromatic heterocycles. The van der Waals surface area contributed by atoms with Gasteiger partial charge >= 0.3 is 0 Å². The predicted octanol–water partition coefficient (Wildman–Crippen LogP) is 6.44. The zero-order valence-electron chi connectivity index (χ0n) is 12.9. The summed E-state index contributed by atoms with van der Waals surface area (Å²) in [5.41, 5.74) is 2.37. The largest absolute Gasteiger partial charge is 0.195 e. The van der Waals surface area contributed by atoms with Gasteiger partial charge in [-0.2, -0.15) is 4.99 Å². The number of aliphatic imine (C=N–C) groups is 1. The molecular formula is C19H25NS. The molecule has 1 aromatic rings. The molecule has 0 radical (unpaired) electrons. The highest BCUT2D eigenvalue weighted by Gasteiger charge is 2.21. The van der Waals surface area contributed by atoms with Crippen LogP contribution in [0.4, 0.5) is 5.69 Å². The normalized spacial score (nSPS) is 22.1. The maximum atomic E-state index is 4.63. The van der Waals surface area contributed by atoms with Crippen molar-refractivity contribution in [1.29, 1.82) is 0 Å². The van der Waals surface area contributed by atoms with Gasteiger partial charge in [0.05, 0.1) is 10.8 Å². The van der Waals surface area contributed by atoms with Gasteiger partial charge in [-0.25, -0.2) is 0 Å². The predicted molar refractivity (Wildman–Crippen MR) is 94.5 cm³/mol. The summed E-state index contributed by atoms with van der Waals surface area (Å²) in [6.07, 6.45) is 13.8. The summed E-state index contributed by atoms with van der Waals surface area (Å²) >= 11 is 4.63. The molecular weight excluding hydrogens is 274 g/mol. The molecule has 2 rings (SSSR count). The second-order valence-corrected chi connectivity index (χ2v) is 6.15. The smallest absolute Gasteiger partial charge is 0.0739 e. The standard InChI is InChI=1S/C19H25NS/c1-2-3-4-5-6-16-7-9-17(10-8-16)18-11-13-19(14-12-18)20-15-21/h3-4,11-14,16-17H,2,5-10H2,1H3/t16-,17-. The fraction of sp³-hybridized carbons (Fsp3) is 0.526. The van der Waals surface area contributed by atoms with Crippen LogP contribution in [0.25, 0.3) is 0 Å². The van der Waals surface area contributed by atoms with Crippen molar-refractivity contribution >= 4 is 23.1 Å². The molecule has 0 amide bonds. The number of thiocarbonyl (C=S) groups is 1. The van der Waals surface area contributed by atoms with Gasteiger partial charge in [-0.1, -0.05) is 31.2 Å². The van der Waals surface area contributed by atoms with Crippen LogP contribution in [-0.4, -0.2) is 5.16 Å². The number of hydrogen-bond donors (Lipinski definition) is 0. The Labute approximate surface area is 134 Å². The van der Waals surface area contributed by atoms with Crippen molar-refractivity contribution in [2.45, 2.75) is 57.8 Å². The third kappa shape index (κ3) is 5.22. The van der Waals surface area contributed by atoms with Crippen LogP contribution in [0.1, 0.15) is 63.4 Å². The van der Waals surface area contributed by atoms with E-state index >= 15 is 0 Å². The maximum absolute atomic E-state index is 4.63. The average molecular weight is 299 g/mol. The van der Waals surface area contributed by atoms with E-state index < -0.39 is 0 Å². The summed E-state index contributed by atoms with van der Waals surface area (Å²) in [6.45, 7) is 2.20. The van der Waals surface area contributed by atoms with Crippen molar-refractivity contribution in [3.8, 4) is 0 Å². The van der Waals surface area contributed by atoms with Crippen LogP contribution in [0.2, 0.25) is 0 Å². The van der Waals surface area contributed by atoms with Gasteiger partial charge in [0.15, 0.2) is 0 Å². The molecule has 0 saturated heterocycles. The van der Waals surface area contributed by atoms with Crippen molar-refractivity contribution in [2.75, 3.05) is 0 Å². The van der Waals surface area contributed by atoms with E-state index in [2.05, 4.69) is 65.7 Å². The van der Waals surface area contributed by atoms with Gasteiger partial charge in [0.2, 0.25) is 0 Å². The summed E-state index contributed by atoms with van der Waals surface area (Å²) in [4.78, 5) is 4.01. The Balaban J connectivity index is 1.80. The Kier molecular flexibility index (Phi) is 6.85. The first-order valence-corrected chi connectivity index (χ1v) is 8.57. The molecule has 0 atom stereocenters. The Morgan fingerprint density at radius 2 is 1.86 bits per heavy atom. The molecule has 1 aliphatic carbocycles. The molecule has 1 fully saturated rings. The minimum atomic E-state index is 0.734. The van der Waals surface area contributed by atoms with E-state index in [0.29, 0.717) is 0 Å². The minimum Gasteiger partial charge on any atom is -0.195 e. The molecule has 0 unspecified atom stereocenters. The van der Waals surface area contributed by atoms with E-state index in [0.717, 1.165) is 23.9 Å². The molecule has 0 N–H and O–H groups in total. The van der Waals surface area contributed by atoms with E-state index in [1.54, 1.807) is 0 Å². The fourth-order valence-electron chi connectivity index (χ4n) is 3.27. The third-order valence-corrected chi connectivity index (χ3v) is 4.62. The second-order valence-electron chi connectivity index (χ2n) is 5.97. The quantitative estimate of drug-likeness (QED) is 0.334. The average Bonchev–Trinajstić information content (AvgIpc) is 2.53. The number of allylic oxidation sites excluding steroid dienone is 2. The molecule has 2 heteroatoms. The fourth-order valence-corrected chi connectivity index (χ4v) is 3.38. The van der Waals surface area contributed by atoms with Crippen molar-refractivity contribution in [3.05, 3.63) is 42.0 Å². The van der Waals surface area contributed by atoms with Crippen LogP contribution >= 0.6 is 12.2 Å². The van der Waals surface area contributed by atoms with Gasteiger partial charge in [0.25, 0.3) is 0 Å². The summed E-state index contributed by atoms with van der Waals surface area (Å²) in [6, 6.07) is 8.52. The zero-order chi connectivity index (χ0) is 14.9. The summed E-state index contributed by atoms with van der Waals surface area (Å²) < 4.78 is 0. The number of rotatable bonds is 6. The lowest BCUT2D eigenvalue weighted by Gasteiger charge is -2.28. The third-order valence-electron chi connectivity index (χ3n) is 4.53. The van der Waals surface area contributed by atoms with Crippen LogP contribution in [0.5, 0.6) is 0 Å². The van der Waals surface area contributed by atoms with Crippen molar-refractivity contribution in [2.24, 2.45) is 10.9 Å². The van der Waals surface area contributed by atoms with Crippen molar-refractivity contribution in [1.82, 2.24) is 0 Å².